The number of aromatic hydroxyl groups is 1. The van der Waals surface area contributed by atoms with E-state index in [0.29, 0.717) is 28.8 Å². The van der Waals surface area contributed by atoms with Gasteiger partial charge in [0.05, 0.1) is 17.0 Å². The maximum atomic E-state index is 13.7. The normalized spacial score (nSPS) is 11.7. The van der Waals surface area contributed by atoms with E-state index in [1.165, 1.54) is 12.1 Å². The van der Waals surface area contributed by atoms with Crippen molar-refractivity contribution in [3.63, 3.8) is 0 Å². The standard InChI is InChI=1S/C21H20F3N3O/c1-11(2)18-14(5)26-20(27(18)19-12(3)6-7-13(4)25-19)16-9-8-15(28)10-17(16)21(22,23)24/h6-10,28H,1H2,2-5H3. The summed E-state index contributed by atoms with van der Waals surface area (Å²) in [5.41, 5.74) is 2.24. The van der Waals surface area contributed by atoms with Crippen LogP contribution in [0.2, 0.25) is 0 Å². The van der Waals surface area contributed by atoms with E-state index in [1.54, 1.807) is 18.4 Å². The molecule has 1 aromatic carbocycles. The second-order valence-corrected chi connectivity index (χ2v) is 6.81. The highest BCUT2D eigenvalue weighted by Gasteiger charge is 2.36. The van der Waals surface area contributed by atoms with Gasteiger partial charge < -0.3 is 5.11 Å². The second kappa shape index (κ2) is 6.82. The summed E-state index contributed by atoms with van der Waals surface area (Å²) in [6.45, 7) is 11.1. The number of hydrogen-bond acceptors (Lipinski definition) is 3. The number of aromatic nitrogens is 3. The molecule has 0 spiro atoms. The number of alkyl halides is 3. The maximum Gasteiger partial charge on any atom is 0.417 e. The third-order valence-electron chi connectivity index (χ3n) is 4.43. The molecule has 0 fully saturated rings. The SMILES string of the molecule is C=C(C)c1c(C)nc(-c2ccc(O)cc2C(F)(F)F)n1-c1nc(C)ccc1C. The van der Waals surface area contributed by atoms with Gasteiger partial charge in [-0.3, -0.25) is 4.57 Å². The second-order valence-electron chi connectivity index (χ2n) is 6.81. The van der Waals surface area contributed by atoms with E-state index < -0.39 is 17.5 Å². The Morgan fingerprint density at radius 2 is 1.75 bits per heavy atom. The van der Waals surface area contributed by atoms with Crippen molar-refractivity contribution in [3.05, 3.63) is 65.1 Å². The molecule has 2 heterocycles. The monoisotopic (exact) mass is 387 g/mol. The zero-order valence-electron chi connectivity index (χ0n) is 16.0. The number of halogens is 3. The van der Waals surface area contributed by atoms with Crippen LogP contribution < -0.4 is 0 Å². The van der Waals surface area contributed by atoms with Crippen molar-refractivity contribution in [3.8, 4) is 23.0 Å². The Balaban J connectivity index is 2.44. The van der Waals surface area contributed by atoms with Gasteiger partial charge in [-0.2, -0.15) is 13.2 Å². The number of phenolic OH excluding ortho intramolecular Hbond substituents is 1. The molecule has 0 saturated heterocycles. The zero-order valence-corrected chi connectivity index (χ0v) is 16.0. The topological polar surface area (TPSA) is 50.9 Å². The number of benzene rings is 1. The summed E-state index contributed by atoms with van der Waals surface area (Å²) in [5.74, 6) is 0.134. The first kappa shape index (κ1) is 19.7. The summed E-state index contributed by atoms with van der Waals surface area (Å²) < 4.78 is 42.6. The highest BCUT2D eigenvalue weighted by atomic mass is 19.4. The largest absolute Gasteiger partial charge is 0.508 e. The summed E-state index contributed by atoms with van der Waals surface area (Å²) in [7, 11) is 0. The summed E-state index contributed by atoms with van der Waals surface area (Å²) in [6, 6.07) is 6.85. The quantitative estimate of drug-likeness (QED) is 0.635. The number of nitrogens with zero attached hydrogens (tertiary/aromatic N) is 3. The van der Waals surface area contributed by atoms with Crippen molar-refractivity contribution < 1.29 is 18.3 Å². The Morgan fingerprint density at radius 1 is 1.07 bits per heavy atom. The molecule has 0 atom stereocenters. The fourth-order valence-electron chi connectivity index (χ4n) is 3.22. The average Bonchev–Trinajstić information content (AvgIpc) is 2.93. The lowest BCUT2D eigenvalue weighted by Gasteiger charge is -2.17. The Labute approximate surface area is 161 Å². The van der Waals surface area contributed by atoms with Crippen LogP contribution in [0.15, 0.2) is 36.9 Å². The highest BCUT2D eigenvalue weighted by Crippen LogP contribution is 2.40. The smallest absolute Gasteiger partial charge is 0.417 e. The van der Waals surface area contributed by atoms with Gasteiger partial charge in [-0.25, -0.2) is 9.97 Å². The lowest BCUT2D eigenvalue weighted by Crippen LogP contribution is -2.11. The van der Waals surface area contributed by atoms with Crippen LogP contribution >= 0.6 is 0 Å². The third-order valence-corrected chi connectivity index (χ3v) is 4.43. The molecule has 0 aliphatic heterocycles. The summed E-state index contributed by atoms with van der Waals surface area (Å²) in [6.07, 6.45) is -4.66. The minimum atomic E-state index is -4.66. The average molecular weight is 387 g/mol. The summed E-state index contributed by atoms with van der Waals surface area (Å²) in [5, 5.41) is 9.61. The van der Waals surface area contributed by atoms with Crippen LogP contribution in [-0.2, 0) is 6.18 Å². The van der Waals surface area contributed by atoms with E-state index in [1.807, 2.05) is 26.0 Å². The van der Waals surface area contributed by atoms with Gasteiger partial charge in [0.15, 0.2) is 0 Å². The van der Waals surface area contributed by atoms with Gasteiger partial charge in [0.2, 0.25) is 0 Å². The van der Waals surface area contributed by atoms with Crippen molar-refractivity contribution >= 4 is 5.57 Å². The number of aryl methyl sites for hydroxylation is 3. The fourth-order valence-corrected chi connectivity index (χ4v) is 3.22. The van der Waals surface area contributed by atoms with Crippen LogP contribution in [0.25, 0.3) is 22.8 Å². The van der Waals surface area contributed by atoms with Gasteiger partial charge in [-0.1, -0.05) is 12.6 Å². The molecule has 0 aliphatic rings. The molecule has 0 aliphatic carbocycles. The van der Waals surface area contributed by atoms with Gasteiger partial charge in [-0.15, -0.1) is 0 Å². The van der Waals surface area contributed by atoms with Crippen molar-refractivity contribution in [1.82, 2.24) is 14.5 Å². The Hall–Kier alpha value is -3.09. The molecule has 3 aromatic rings. The fraction of sp³-hybridized carbons (Fsp3) is 0.238. The molecule has 28 heavy (non-hydrogen) atoms. The van der Waals surface area contributed by atoms with Crippen LogP contribution in [0.5, 0.6) is 5.75 Å². The van der Waals surface area contributed by atoms with Crippen LogP contribution in [-0.4, -0.2) is 19.6 Å². The molecule has 7 heteroatoms. The predicted molar refractivity (Wildman–Crippen MR) is 102 cm³/mol. The van der Waals surface area contributed by atoms with Crippen molar-refractivity contribution in [1.29, 1.82) is 0 Å². The maximum absolute atomic E-state index is 13.7. The van der Waals surface area contributed by atoms with Gasteiger partial charge >= 0.3 is 6.18 Å². The molecule has 2 aromatic heterocycles. The lowest BCUT2D eigenvalue weighted by molar-refractivity contribution is -0.137. The summed E-state index contributed by atoms with van der Waals surface area (Å²) >= 11 is 0. The molecule has 146 valence electrons. The van der Waals surface area contributed by atoms with Gasteiger partial charge in [-0.05, 0) is 63.1 Å². The van der Waals surface area contributed by atoms with E-state index in [2.05, 4.69) is 16.5 Å². The Bertz CT molecular complexity index is 1080. The first-order chi connectivity index (χ1) is 13.0. The molecule has 0 radical (unpaired) electrons. The molecule has 0 unspecified atom stereocenters. The van der Waals surface area contributed by atoms with Crippen LogP contribution in [0.1, 0.15) is 35.1 Å². The Kier molecular flexibility index (Phi) is 4.79. The number of rotatable bonds is 3. The third kappa shape index (κ3) is 3.40. The van der Waals surface area contributed by atoms with E-state index in [4.69, 9.17) is 0 Å². The van der Waals surface area contributed by atoms with E-state index in [9.17, 15) is 18.3 Å². The molecule has 1 N–H and O–H groups in total. The van der Waals surface area contributed by atoms with Crippen molar-refractivity contribution in [2.24, 2.45) is 0 Å². The minimum absolute atomic E-state index is 0.101. The van der Waals surface area contributed by atoms with Crippen LogP contribution in [0.4, 0.5) is 13.2 Å². The van der Waals surface area contributed by atoms with E-state index >= 15 is 0 Å². The predicted octanol–water partition coefficient (Wildman–Crippen LogP) is 5.62. The number of phenols is 1. The molecule has 0 bridgehead atoms. The minimum Gasteiger partial charge on any atom is -0.508 e. The van der Waals surface area contributed by atoms with Gasteiger partial charge in [0, 0.05) is 11.3 Å². The van der Waals surface area contributed by atoms with Crippen LogP contribution in [0.3, 0.4) is 0 Å². The summed E-state index contributed by atoms with van der Waals surface area (Å²) in [4.78, 5) is 8.98. The molecule has 0 saturated carbocycles. The number of pyridine rings is 1. The zero-order chi connectivity index (χ0) is 20.8. The van der Waals surface area contributed by atoms with Gasteiger partial charge in [0.1, 0.15) is 17.4 Å². The number of imidazole rings is 1. The van der Waals surface area contributed by atoms with Crippen molar-refractivity contribution in [2.75, 3.05) is 0 Å². The highest BCUT2D eigenvalue weighted by molar-refractivity contribution is 5.72. The Morgan fingerprint density at radius 3 is 2.36 bits per heavy atom. The van der Waals surface area contributed by atoms with Crippen LogP contribution in [0, 0.1) is 20.8 Å². The van der Waals surface area contributed by atoms with E-state index in [-0.39, 0.29) is 11.4 Å². The first-order valence-electron chi connectivity index (χ1n) is 8.61. The van der Waals surface area contributed by atoms with Gasteiger partial charge in [0.25, 0.3) is 0 Å². The molecule has 0 amide bonds. The molecular formula is C21H20F3N3O. The van der Waals surface area contributed by atoms with Crippen molar-refractivity contribution in [2.45, 2.75) is 33.9 Å². The lowest BCUT2D eigenvalue weighted by atomic mass is 10.1. The molecule has 4 nitrogen and oxygen atoms in total. The molecule has 3 rings (SSSR count). The molecular weight excluding hydrogens is 367 g/mol. The van der Waals surface area contributed by atoms with E-state index in [0.717, 1.165) is 11.3 Å². The number of allylic oxidation sites excluding steroid dienone is 1. The first-order valence-corrected chi connectivity index (χ1v) is 8.61. The number of hydrogen-bond donors (Lipinski definition) is 1.